The summed E-state index contributed by atoms with van der Waals surface area (Å²) in [5, 5.41) is 25.0. The number of amides is 2. The highest BCUT2D eigenvalue weighted by atomic mass is 16.4. The van der Waals surface area contributed by atoms with Crippen LogP contribution in [0.3, 0.4) is 0 Å². The number of likely N-dealkylation sites (N-methyl/N-ethyl adjacent to an activating group) is 2. The van der Waals surface area contributed by atoms with E-state index in [9.17, 15) is 24.6 Å². The number of nitrogens with one attached hydrogen (secondary N) is 2. The number of hydrogen-bond donors (Lipinski definition) is 4. The van der Waals surface area contributed by atoms with Gasteiger partial charge in [-0.15, -0.1) is 0 Å². The van der Waals surface area contributed by atoms with Crippen LogP contribution in [0, 0.1) is 11.3 Å². The highest BCUT2D eigenvalue weighted by Crippen LogP contribution is 2.30. The van der Waals surface area contributed by atoms with E-state index in [0.29, 0.717) is 0 Å². The Labute approximate surface area is 209 Å². The zero-order chi connectivity index (χ0) is 27.3. The molecule has 0 aliphatic heterocycles. The van der Waals surface area contributed by atoms with E-state index >= 15 is 0 Å². The zero-order valence-corrected chi connectivity index (χ0v) is 22.8. The minimum absolute atomic E-state index is 0.0342. The van der Waals surface area contributed by atoms with E-state index in [1.807, 2.05) is 48.5 Å². The number of carboxylic acid groups (broad SMARTS) is 1. The molecule has 0 radical (unpaired) electrons. The molecule has 0 unspecified atom stereocenters. The molecule has 1 aromatic rings. The lowest BCUT2D eigenvalue weighted by Gasteiger charge is -2.40. The third kappa shape index (κ3) is 7.56. The molecule has 1 aromatic carbocycles. The number of carbonyl (C=O) groups excluding carboxylic acids is 2. The summed E-state index contributed by atoms with van der Waals surface area (Å²) in [4.78, 5) is 40.1. The van der Waals surface area contributed by atoms with Gasteiger partial charge in [0.15, 0.2) is 0 Å². The average Bonchev–Trinajstić information content (AvgIpc) is 2.74. The Morgan fingerprint density at radius 1 is 1.00 bits per heavy atom. The maximum atomic E-state index is 13.7. The van der Waals surface area contributed by atoms with Crippen molar-refractivity contribution in [2.75, 3.05) is 14.1 Å². The van der Waals surface area contributed by atoms with Crippen LogP contribution in [-0.4, -0.2) is 65.1 Å². The third-order valence-electron chi connectivity index (χ3n) is 6.52. The van der Waals surface area contributed by atoms with Crippen molar-refractivity contribution in [2.45, 2.75) is 78.9 Å². The molecule has 35 heavy (non-hydrogen) atoms. The van der Waals surface area contributed by atoms with Gasteiger partial charge in [-0.3, -0.25) is 9.59 Å². The van der Waals surface area contributed by atoms with E-state index in [0.717, 1.165) is 5.56 Å². The number of nitrogens with zero attached hydrogens (tertiary/aromatic N) is 1. The molecule has 0 bridgehead atoms. The van der Waals surface area contributed by atoms with Crippen molar-refractivity contribution >= 4 is 17.8 Å². The topological polar surface area (TPSA) is 119 Å². The van der Waals surface area contributed by atoms with Crippen LogP contribution in [0.25, 0.3) is 0 Å². The fraction of sp³-hybridized carbons (Fsp3) is 0.593. The van der Waals surface area contributed by atoms with Crippen LogP contribution in [0.4, 0.5) is 0 Å². The van der Waals surface area contributed by atoms with Crippen LogP contribution in [0.2, 0.25) is 0 Å². The highest BCUT2D eigenvalue weighted by molar-refractivity contribution is 5.91. The van der Waals surface area contributed by atoms with Crippen molar-refractivity contribution < 1.29 is 24.6 Å². The first-order chi connectivity index (χ1) is 15.9. The van der Waals surface area contributed by atoms with Crippen molar-refractivity contribution in [2.24, 2.45) is 11.3 Å². The molecule has 196 valence electrons. The van der Waals surface area contributed by atoms with Gasteiger partial charge in [0.25, 0.3) is 0 Å². The van der Waals surface area contributed by atoms with Crippen LogP contribution >= 0.6 is 0 Å². The fourth-order valence-electron chi connectivity index (χ4n) is 4.18. The van der Waals surface area contributed by atoms with Gasteiger partial charge in [-0.05, 0) is 43.0 Å². The Morgan fingerprint density at radius 3 is 1.91 bits per heavy atom. The van der Waals surface area contributed by atoms with Crippen LogP contribution < -0.4 is 10.6 Å². The number of aliphatic carboxylic acids is 1. The number of benzene rings is 1. The normalized spacial score (nSPS) is 15.3. The summed E-state index contributed by atoms with van der Waals surface area (Å²) in [5.74, 6) is -1.55. The Hall–Kier alpha value is -2.87. The molecule has 4 N–H and O–H groups in total. The van der Waals surface area contributed by atoms with Crippen LogP contribution in [-0.2, 0) is 19.8 Å². The molecule has 8 nitrogen and oxygen atoms in total. The lowest BCUT2D eigenvalue weighted by Crippen LogP contribution is -2.61. The summed E-state index contributed by atoms with van der Waals surface area (Å²) in [7, 11) is 3.33. The number of phenolic OH excluding ortho intramolecular Hbond substituents is 1. The van der Waals surface area contributed by atoms with E-state index < -0.39 is 34.9 Å². The maximum Gasteiger partial charge on any atom is 0.331 e. The van der Waals surface area contributed by atoms with Crippen molar-refractivity contribution in [3.05, 3.63) is 41.5 Å². The molecule has 3 atom stereocenters. The number of aromatic hydroxyl groups is 1. The second-order valence-corrected chi connectivity index (χ2v) is 11.1. The maximum absolute atomic E-state index is 13.7. The van der Waals surface area contributed by atoms with E-state index in [1.54, 1.807) is 44.4 Å². The van der Waals surface area contributed by atoms with Gasteiger partial charge in [-0.2, -0.15) is 0 Å². The van der Waals surface area contributed by atoms with Crippen molar-refractivity contribution in [3.63, 3.8) is 0 Å². The van der Waals surface area contributed by atoms with E-state index in [1.165, 1.54) is 11.8 Å². The lowest BCUT2D eigenvalue weighted by atomic mass is 9.76. The Bertz CT molecular complexity index is 929. The molecule has 0 aromatic heterocycles. The molecule has 0 saturated heterocycles. The minimum atomic E-state index is -1.04. The van der Waals surface area contributed by atoms with Gasteiger partial charge in [-0.25, -0.2) is 4.79 Å². The SMILES string of the molecule is CN[C@H](C(=O)N[C@H](C(=O)N(C)[C@H](/C=C(\C)C(=O)O)C(C)C)C(C)(C)C)C(C)(C)c1ccc(O)cc1. The zero-order valence-electron chi connectivity index (χ0n) is 22.8. The van der Waals surface area contributed by atoms with Crippen LogP contribution in [0.1, 0.15) is 61.0 Å². The first-order valence-electron chi connectivity index (χ1n) is 11.9. The minimum Gasteiger partial charge on any atom is -0.508 e. The Balaban J connectivity index is 3.30. The van der Waals surface area contributed by atoms with Crippen molar-refractivity contribution in [3.8, 4) is 5.75 Å². The molecule has 0 fully saturated rings. The first kappa shape index (κ1) is 30.2. The summed E-state index contributed by atoms with van der Waals surface area (Å²) < 4.78 is 0. The number of carboxylic acids is 1. The molecule has 0 aliphatic rings. The summed E-state index contributed by atoms with van der Waals surface area (Å²) >= 11 is 0. The monoisotopic (exact) mass is 489 g/mol. The number of hydrogen-bond acceptors (Lipinski definition) is 5. The molecule has 0 spiro atoms. The average molecular weight is 490 g/mol. The summed E-state index contributed by atoms with van der Waals surface area (Å²) in [5.41, 5.74) is -0.235. The molecule has 0 aliphatic carbocycles. The number of phenols is 1. The Morgan fingerprint density at radius 2 is 1.51 bits per heavy atom. The van der Waals surface area contributed by atoms with E-state index in [2.05, 4.69) is 10.6 Å². The Kier molecular flexibility index (Phi) is 10.1. The predicted octanol–water partition coefficient (Wildman–Crippen LogP) is 3.30. The largest absolute Gasteiger partial charge is 0.508 e. The van der Waals surface area contributed by atoms with Crippen LogP contribution in [0.15, 0.2) is 35.9 Å². The highest BCUT2D eigenvalue weighted by Gasteiger charge is 2.41. The first-order valence-corrected chi connectivity index (χ1v) is 11.9. The van der Waals surface area contributed by atoms with E-state index in [-0.39, 0.29) is 29.1 Å². The molecule has 0 saturated carbocycles. The van der Waals surface area contributed by atoms with Gasteiger partial charge in [0, 0.05) is 18.0 Å². The van der Waals surface area contributed by atoms with E-state index in [4.69, 9.17) is 0 Å². The molecule has 0 heterocycles. The predicted molar refractivity (Wildman–Crippen MR) is 138 cm³/mol. The molecule has 2 amide bonds. The summed E-state index contributed by atoms with van der Waals surface area (Å²) in [6.07, 6.45) is 1.58. The fourth-order valence-corrected chi connectivity index (χ4v) is 4.18. The van der Waals surface area contributed by atoms with Crippen LogP contribution in [0.5, 0.6) is 5.75 Å². The summed E-state index contributed by atoms with van der Waals surface area (Å²) in [6.45, 7) is 14.8. The van der Waals surface area contributed by atoms with Gasteiger partial charge < -0.3 is 25.7 Å². The molecule has 8 heteroatoms. The molecule has 1 rings (SSSR count). The quantitative estimate of drug-likeness (QED) is 0.375. The smallest absolute Gasteiger partial charge is 0.331 e. The van der Waals surface area contributed by atoms with Gasteiger partial charge >= 0.3 is 5.97 Å². The standard InChI is InChI=1S/C27H43N3O5/c1-16(2)20(15-17(3)25(34)35)30(10)24(33)22(26(4,5)6)29-23(32)21(28-9)27(7,8)18-11-13-19(31)14-12-18/h11-16,20-22,28,31H,1-10H3,(H,29,32)(H,34,35)/b17-15+/t20-,21-,22-/m1/s1. The second-order valence-electron chi connectivity index (χ2n) is 11.1. The number of carbonyl (C=O) groups is 3. The number of rotatable bonds is 10. The second kappa shape index (κ2) is 11.7. The lowest BCUT2D eigenvalue weighted by molar-refractivity contribution is -0.141. The van der Waals surface area contributed by atoms with Crippen molar-refractivity contribution in [1.29, 1.82) is 0 Å². The molecular weight excluding hydrogens is 446 g/mol. The van der Waals surface area contributed by atoms with Crippen molar-refractivity contribution in [1.82, 2.24) is 15.5 Å². The third-order valence-corrected chi connectivity index (χ3v) is 6.52. The van der Waals surface area contributed by atoms with Gasteiger partial charge in [0.1, 0.15) is 11.8 Å². The van der Waals surface area contributed by atoms with Gasteiger partial charge in [-0.1, -0.05) is 66.7 Å². The summed E-state index contributed by atoms with van der Waals surface area (Å²) in [6, 6.07) is 4.76. The van der Waals surface area contributed by atoms with Gasteiger partial charge in [0.2, 0.25) is 11.8 Å². The molecular formula is C27H43N3O5. The van der Waals surface area contributed by atoms with Gasteiger partial charge in [0.05, 0.1) is 12.1 Å².